The van der Waals surface area contributed by atoms with E-state index in [1.165, 1.54) is 18.2 Å². The first-order valence-corrected chi connectivity index (χ1v) is 10.7. The highest BCUT2D eigenvalue weighted by atomic mass is 35.5. The number of hydrogen-bond donors (Lipinski definition) is 1. The molecule has 2 aliphatic heterocycles. The molecule has 2 atom stereocenters. The van der Waals surface area contributed by atoms with Crippen molar-refractivity contribution in [3.8, 4) is 0 Å². The molecule has 7 nitrogen and oxygen atoms in total. The number of nitro groups is 1. The van der Waals surface area contributed by atoms with Gasteiger partial charge in [0, 0.05) is 18.2 Å². The van der Waals surface area contributed by atoms with Crippen molar-refractivity contribution in [2.75, 3.05) is 9.62 Å². The van der Waals surface area contributed by atoms with Crippen LogP contribution in [0.15, 0.2) is 59.5 Å². The van der Waals surface area contributed by atoms with E-state index in [9.17, 15) is 18.5 Å². The Morgan fingerprint density at radius 2 is 1.96 bits per heavy atom. The average Bonchev–Trinajstić information content (AvgIpc) is 2.91. The van der Waals surface area contributed by atoms with Gasteiger partial charge in [-0.1, -0.05) is 35.9 Å². The Kier molecular flexibility index (Phi) is 4.76. The fraction of sp³-hybridized carbons (Fsp3) is 0.263. The van der Waals surface area contributed by atoms with Gasteiger partial charge >= 0.3 is 0 Å². The minimum absolute atomic E-state index is 0.112. The molecule has 4 rings (SSSR count). The van der Waals surface area contributed by atoms with Gasteiger partial charge in [0.05, 0.1) is 20.5 Å². The van der Waals surface area contributed by atoms with Gasteiger partial charge in [0.1, 0.15) is 5.69 Å². The zero-order chi connectivity index (χ0) is 19.9. The number of sulfonamides is 1. The predicted octanol–water partition coefficient (Wildman–Crippen LogP) is 4.35. The number of hydrogen-bond acceptors (Lipinski definition) is 5. The molecule has 146 valence electrons. The summed E-state index contributed by atoms with van der Waals surface area (Å²) < 4.78 is 27.9. The molecule has 2 heterocycles. The molecule has 0 aliphatic carbocycles. The van der Waals surface area contributed by atoms with Gasteiger partial charge in [-0.2, -0.15) is 0 Å². The summed E-state index contributed by atoms with van der Waals surface area (Å²) in [7, 11) is -4.02. The van der Waals surface area contributed by atoms with Crippen molar-refractivity contribution in [3.63, 3.8) is 0 Å². The third-order valence-electron chi connectivity index (χ3n) is 5.16. The van der Waals surface area contributed by atoms with Crippen LogP contribution in [-0.4, -0.2) is 25.4 Å². The summed E-state index contributed by atoms with van der Waals surface area (Å²) in [5.41, 5.74) is 0.461. The van der Waals surface area contributed by atoms with Gasteiger partial charge in [0.25, 0.3) is 15.7 Å². The maximum Gasteiger partial charge on any atom is 0.293 e. The molecule has 0 saturated carbocycles. The van der Waals surface area contributed by atoms with Crippen molar-refractivity contribution in [3.05, 3.63) is 69.8 Å². The largest absolute Gasteiger partial charge is 0.356 e. The Morgan fingerprint density at radius 3 is 2.68 bits per heavy atom. The van der Waals surface area contributed by atoms with E-state index in [0.717, 1.165) is 25.3 Å². The minimum atomic E-state index is -4.02. The van der Waals surface area contributed by atoms with E-state index in [1.807, 2.05) is 4.90 Å². The monoisotopic (exact) mass is 419 g/mol. The van der Waals surface area contributed by atoms with Crippen molar-refractivity contribution in [2.24, 2.45) is 0 Å². The van der Waals surface area contributed by atoms with Crippen LogP contribution in [0.1, 0.15) is 19.3 Å². The lowest BCUT2D eigenvalue weighted by atomic mass is 10.1. The maximum atomic E-state index is 12.7. The van der Waals surface area contributed by atoms with Gasteiger partial charge in [0.15, 0.2) is 0 Å². The van der Waals surface area contributed by atoms with Crippen LogP contribution in [0.2, 0.25) is 5.02 Å². The summed E-state index contributed by atoms with van der Waals surface area (Å²) in [4.78, 5) is 13.0. The number of fused-ring (bicyclic) bond motifs is 2. The average molecular weight is 420 g/mol. The number of benzene rings is 2. The van der Waals surface area contributed by atoms with Gasteiger partial charge in [-0.25, -0.2) is 8.42 Å². The van der Waals surface area contributed by atoms with E-state index in [0.29, 0.717) is 5.69 Å². The molecular weight excluding hydrogens is 402 g/mol. The molecule has 2 aromatic rings. The molecule has 1 saturated heterocycles. The number of para-hydroxylation sites is 1. The third-order valence-corrected chi connectivity index (χ3v) is 6.86. The predicted molar refractivity (Wildman–Crippen MR) is 108 cm³/mol. The zero-order valence-corrected chi connectivity index (χ0v) is 16.4. The topological polar surface area (TPSA) is 92.5 Å². The number of nitro benzene ring substituents is 1. The van der Waals surface area contributed by atoms with Crippen LogP contribution in [0.3, 0.4) is 0 Å². The Bertz CT molecular complexity index is 1070. The smallest absolute Gasteiger partial charge is 0.293 e. The van der Waals surface area contributed by atoms with Crippen LogP contribution in [0, 0.1) is 10.1 Å². The summed E-state index contributed by atoms with van der Waals surface area (Å²) in [5, 5.41) is 12.0. The third kappa shape index (κ3) is 3.33. The van der Waals surface area contributed by atoms with Gasteiger partial charge in [-0.05, 0) is 43.5 Å². The van der Waals surface area contributed by atoms with Gasteiger partial charge in [-0.3, -0.25) is 14.8 Å². The summed E-state index contributed by atoms with van der Waals surface area (Å²) in [6, 6.07) is 10.8. The molecule has 2 bridgehead atoms. The summed E-state index contributed by atoms with van der Waals surface area (Å²) in [6.07, 6.45) is 6.91. The number of anilines is 2. The van der Waals surface area contributed by atoms with Gasteiger partial charge in [-0.15, -0.1) is 0 Å². The lowest BCUT2D eigenvalue weighted by Crippen LogP contribution is -2.37. The van der Waals surface area contributed by atoms with Crippen LogP contribution in [0.4, 0.5) is 17.1 Å². The highest BCUT2D eigenvalue weighted by molar-refractivity contribution is 7.92. The lowest BCUT2D eigenvalue weighted by molar-refractivity contribution is -0.384. The van der Waals surface area contributed by atoms with Crippen molar-refractivity contribution in [1.82, 2.24) is 0 Å². The van der Waals surface area contributed by atoms with Crippen LogP contribution in [0.25, 0.3) is 0 Å². The Balaban J connectivity index is 1.72. The lowest BCUT2D eigenvalue weighted by Gasteiger charge is -2.33. The second-order valence-corrected chi connectivity index (χ2v) is 8.95. The molecule has 9 heteroatoms. The first kappa shape index (κ1) is 18.8. The van der Waals surface area contributed by atoms with Gasteiger partial charge in [0.2, 0.25) is 0 Å². The first-order valence-electron chi connectivity index (χ1n) is 8.87. The fourth-order valence-corrected chi connectivity index (χ4v) is 5.22. The standard InChI is InChI=1S/C19H18ClN3O4S/c20-16-6-1-2-7-17(16)21-28(26,27)15-10-11-18(19(12-15)23(24)25)22-13-4-3-5-14(22)9-8-13/h1-4,6-7,10-14,21H,5,8-9H2/t13-,14-/m0/s1. The van der Waals surface area contributed by atoms with E-state index in [2.05, 4.69) is 16.9 Å². The van der Waals surface area contributed by atoms with Gasteiger partial charge < -0.3 is 4.90 Å². The molecular formula is C19H18ClN3O4S. The van der Waals surface area contributed by atoms with Crippen LogP contribution in [0.5, 0.6) is 0 Å². The van der Waals surface area contributed by atoms with Crippen LogP contribution >= 0.6 is 11.6 Å². The zero-order valence-electron chi connectivity index (χ0n) is 14.8. The number of nitrogens with zero attached hydrogens (tertiary/aromatic N) is 2. The molecule has 2 aromatic carbocycles. The van der Waals surface area contributed by atoms with Crippen molar-refractivity contribution < 1.29 is 13.3 Å². The SMILES string of the molecule is O=[N+]([O-])c1cc(S(=O)(=O)Nc2ccccc2Cl)ccc1N1[C@H]2CC=C[C@H]1CC2. The number of nitrogens with one attached hydrogen (secondary N) is 1. The van der Waals surface area contributed by atoms with E-state index in [-0.39, 0.29) is 33.4 Å². The quantitative estimate of drug-likeness (QED) is 0.442. The van der Waals surface area contributed by atoms with Crippen LogP contribution < -0.4 is 9.62 Å². The van der Waals surface area contributed by atoms with Crippen molar-refractivity contribution in [2.45, 2.75) is 36.2 Å². The first-order chi connectivity index (χ1) is 13.4. The van der Waals surface area contributed by atoms with Crippen LogP contribution in [-0.2, 0) is 10.0 Å². The molecule has 2 aliphatic rings. The molecule has 1 N–H and O–H groups in total. The molecule has 0 radical (unpaired) electrons. The Morgan fingerprint density at radius 1 is 1.18 bits per heavy atom. The molecule has 28 heavy (non-hydrogen) atoms. The highest BCUT2D eigenvalue weighted by Gasteiger charge is 2.37. The van der Waals surface area contributed by atoms with E-state index in [1.54, 1.807) is 18.2 Å². The number of rotatable bonds is 5. The molecule has 0 spiro atoms. The summed E-state index contributed by atoms with van der Waals surface area (Å²) in [5.74, 6) is 0. The summed E-state index contributed by atoms with van der Waals surface area (Å²) in [6.45, 7) is 0. The number of halogens is 1. The molecule has 0 unspecified atom stereocenters. The molecule has 0 amide bonds. The Hall–Kier alpha value is -2.58. The van der Waals surface area contributed by atoms with E-state index >= 15 is 0 Å². The normalized spacial score (nSPS) is 21.0. The molecule has 0 aromatic heterocycles. The van der Waals surface area contributed by atoms with Crippen molar-refractivity contribution in [1.29, 1.82) is 0 Å². The Labute approximate surface area is 167 Å². The fourth-order valence-electron chi connectivity index (χ4n) is 3.88. The van der Waals surface area contributed by atoms with E-state index in [4.69, 9.17) is 11.6 Å². The second-order valence-electron chi connectivity index (χ2n) is 6.86. The maximum absolute atomic E-state index is 12.7. The summed E-state index contributed by atoms with van der Waals surface area (Å²) >= 11 is 6.02. The van der Waals surface area contributed by atoms with E-state index < -0.39 is 14.9 Å². The second kappa shape index (κ2) is 7.10. The highest BCUT2D eigenvalue weighted by Crippen LogP contribution is 2.41. The van der Waals surface area contributed by atoms with Crippen molar-refractivity contribution >= 4 is 38.7 Å². The molecule has 1 fully saturated rings. The minimum Gasteiger partial charge on any atom is -0.356 e.